The van der Waals surface area contributed by atoms with Crippen molar-refractivity contribution in [2.24, 2.45) is 5.73 Å². The molecule has 4 N–H and O–H groups in total. The number of aromatic nitrogens is 1. The molecule has 2 rings (SSSR count). The lowest BCUT2D eigenvalue weighted by atomic mass is 10.1. The van der Waals surface area contributed by atoms with E-state index in [2.05, 4.69) is 15.6 Å². The highest BCUT2D eigenvalue weighted by molar-refractivity contribution is 6.07. The molecular weight excluding hydrogens is 280 g/mol. The van der Waals surface area contributed by atoms with Gasteiger partial charge < -0.3 is 16.4 Å². The largest absolute Gasteiger partial charge is 0.330 e. The third kappa shape index (κ3) is 4.13. The SMILES string of the molecule is Cc1ccc(NC(=O)c2ccncc2)c(NC(=O)CCN)c1. The third-order valence-electron chi connectivity index (χ3n) is 3.01. The van der Waals surface area contributed by atoms with Crippen molar-refractivity contribution in [2.45, 2.75) is 13.3 Å². The van der Waals surface area contributed by atoms with Gasteiger partial charge in [0.1, 0.15) is 0 Å². The number of nitrogens with zero attached hydrogens (tertiary/aromatic N) is 1. The fourth-order valence-corrected chi connectivity index (χ4v) is 1.91. The Labute approximate surface area is 128 Å². The standard InChI is InChI=1S/C16H18N4O2/c1-11-2-3-13(14(10-11)19-15(21)4-7-17)20-16(22)12-5-8-18-9-6-12/h2-3,5-6,8-10H,4,7,17H2,1H3,(H,19,21)(H,20,22). The van der Waals surface area contributed by atoms with Crippen molar-refractivity contribution in [1.29, 1.82) is 0 Å². The predicted molar refractivity (Wildman–Crippen MR) is 85.7 cm³/mol. The topological polar surface area (TPSA) is 97.1 Å². The summed E-state index contributed by atoms with van der Waals surface area (Å²) in [6.07, 6.45) is 3.33. The Balaban J connectivity index is 2.19. The lowest BCUT2D eigenvalue weighted by molar-refractivity contribution is -0.116. The summed E-state index contributed by atoms with van der Waals surface area (Å²) in [7, 11) is 0. The molecule has 0 spiro atoms. The second kappa shape index (κ2) is 7.33. The van der Waals surface area contributed by atoms with Gasteiger partial charge in [-0.15, -0.1) is 0 Å². The lowest BCUT2D eigenvalue weighted by Crippen LogP contribution is -2.19. The van der Waals surface area contributed by atoms with Gasteiger partial charge in [0.05, 0.1) is 11.4 Å². The Morgan fingerprint density at radius 2 is 1.82 bits per heavy atom. The Morgan fingerprint density at radius 3 is 2.50 bits per heavy atom. The molecule has 0 unspecified atom stereocenters. The van der Waals surface area contributed by atoms with Crippen LogP contribution in [0, 0.1) is 6.92 Å². The van der Waals surface area contributed by atoms with Crippen LogP contribution in [0.3, 0.4) is 0 Å². The molecule has 0 radical (unpaired) electrons. The highest BCUT2D eigenvalue weighted by Gasteiger charge is 2.11. The number of hydrogen-bond donors (Lipinski definition) is 3. The molecule has 114 valence electrons. The van der Waals surface area contributed by atoms with Crippen molar-refractivity contribution < 1.29 is 9.59 Å². The molecule has 1 heterocycles. The van der Waals surface area contributed by atoms with Crippen LogP contribution in [-0.4, -0.2) is 23.3 Å². The number of anilines is 2. The first-order valence-corrected chi connectivity index (χ1v) is 6.92. The van der Waals surface area contributed by atoms with Crippen molar-refractivity contribution in [3.05, 3.63) is 53.9 Å². The van der Waals surface area contributed by atoms with E-state index < -0.39 is 0 Å². The number of amides is 2. The summed E-state index contributed by atoms with van der Waals surface area (Å²) >= 11 is 0. The molecule has 6 heteroatoms. The van der Waals surface area contributed by atoms with E-state index in [-0.39, 0.29) is 24.8 Å². The zero-order valence-corrected chi connectivity index (χ0v) is 12.3. The molecule has 1 aromatic heterocycles. The van der Waals surface area contributed by atoms with Gasteiger partial charge in [-0.3, -0.25) is 14.6 Å². The van der Waals surface area contributed by atoms with Crippen molar-refractivity contribution in [3.63, 3.8) is 0 Å². The van der Waals surface area contributed by atoms with Crippen LogP contribution in [0.2, 0.25) is 0 Å². The molecule has 0 atom stereocenters. The van der Waals surface area contributed by atoms with E-state index in [0.29, 0.717) is 16.9 Å². The first-order valence-electron chi connectivity index (χ1n) is 6.92. The molecule has 2 aromatic rings. The van der Waals surface area contributed by atoms with Crippen LogP contribution in [-0.2, 0) is 4.79 Å². The Hall–Kier alpha value is -2.73. The average molecular weight is 298 g/mol. The fourth-order valence-electron chi connectivity index (χ4n) is 1.91. The maximum Gasteiger partial charge on any atom is 0.255 e. The van der Waals surface area contributed by atoms with Crippen molar-refractivity contribution in [2.75, 3.05) is 17.2 Å². The van der Waals surface area contributed by atoms with Gasteiger partial charge >= 0.3 is 0 Å². The van der Waals surface area contributed by atoms with Crippen LogP contribution < -0.4 is 16.4 Å². The number of carbonyl (C=O) groups excluding carboxylic acids is 2. The molecule has 0 saturated carbocycles. The van der Waals surface area contributed by atoms with E-state index in [4.69, 9.17) is 5.73 Å². The molecule has 22 heavy (non-hydrogen) atoms. The van der Waals surface area contributed by atoms with E-state index in [1.807, 2.05) is 13.0 Å². The first kappa shape index (κ1) is 15.7. The fraction of sp³-hybridized carbons (Fsp3) is 0.188. The van der Waals surface area contributed by atoms with Crippen LogP contribution in [0.4, 0.5) is 11.4 Å². The van der Waals surface area contributed by atoms with E-state index >= 15 is 0 Å². The van der Waals surface area contributed by atoms with E-state index in [9.17, 15) is 9.59 Å². The van der Waals surface area contributed by atoms with E-state index in [1.165, 1.54) is 0 Å². The van der Waals surface area contributed by atoms with Crippen molar-refractivity contribution in [3.8, 4) is 0 Å². The molecule has 6 nitrogen and oxygen atoms in total. The lowest BCUT2D eigenvalue weighted by Gasteiger charge is -2.13. The summed E-state index contributed by atoms with van der Waals surface area (Å²) in [6, 6.07) is 8.66. The van der Waals surface area contributed by atoms with Crippen LogP contribution in [0.1, 0.15) is 22.3 Å². The summed E-state index contributed by atoms with van der Waals surface area (Å²) in [5, 5.41) is 5.55. The quantitative estimate of drug-likeness (QED) is 0.785. The minimum atomic E-state index is -0.263. The molecular formula is C16H18N4O2. The summed E-state index contributed by atoms with van der Waals surface area (Å²) in [4.78, 5) is 27.8. The first-order chi connectivity index (χ1) is 10.6. The maximum atomic E-state index is 12.2. The van der Waals surface area contributed by atoms with Gasteiger partial charge in [0.25, 0.3) is 5.91 Å². The predicted octanol–water partition coefficient (Wildman–Crippen LogP) is 1.93. The monoisotopic (exact) mass is 298 g/mol. The zero-order chi connectivity index (χ0) is 15.9. The number of pyridine rings is 1. The molecule has 2 amide bonds. The third-order valence-corrected chi connectivity index (χ3v) is 3.01. The molecule has 0 fully saturated rings. The molecule has 0 bridgehead atoms. The van der Waals surface area contributed by atoms with Gasteiger partial charge in [0.15, 0.2) is 0 Å². The molecule has 0 aliphatic carbocycles. The Bertz CT molecular complexity index is 671. The van der Waals surface area contributed by atoms with Gasteiger partial charge in [-0.1, -0.05) is 6.07 Å². The Morgan fingerprint density at radius 1 is 1.09 bits per heavy atom. The van der Waals surface area contributed by atoms with Gasteiger partial charge in [-0.25, -0.2) is 0 Å². The number of benzene rings is 1. The maximum absolute atomic E-state index is 12.2. The number of carbonyl (C=O) groups is 2. The van der Waals surface area contributed by atoms with E-state index in [1.54, 1.807) is 36.7 Å². The molecule has 0 aliphatic rings. The van der Waals surface area contributed by atoms with Crippen molar-refractivity contribution in [1.82, 2.24) is 4.98 Å². The smallest absolute Gasteiger partial charge is 0.255 e. The highest BCUT2D eigenvalue weighted by Crippen LogP contribution is 2.24. The second-order valence-corrected chi connectivity index (χ2v) is 4.83. The average Bonchev–Trinajstić information content (AvgIpc) is 2.51. The van der Waals surface area contributed by atoms with Crippen LogP contribution >= 0.6 is 0 Å². The summed E-state index contributed by atoms with van der Waals surface area (Å²) in [5.74, 6) is -0.451. The zero-order valence-electron chi connectivity index (χ0n) is 12.3. The normalized spacial score (nSPS) is 10.1. The molecule has 1 aromatic carbocycles. The Kier molecular flexibility index (Phi) is 5.21. The van der Waals surface area contributed by atoms with Crippen molar-refractivity contribution >= 4 is 23.2 Å². The number of nitrogens with two attached hydrogens (primary N) is 1. The molecule has 0 aliphatic heterocycles. The van der Waals surface area contributed by atoms with Gasteiger partial charge in [0, 0.05) is 30.9 Å². The number of rotatable bonds is 5. The highest BCUT2D eigenvalue weighted by atomic mass is 16.2. The second-order valence-electron chi connectivity index (χ2n) is 4.83. The van der Waals surface area contributed by atoms with Crippen LogP contribution in [0.15, 0.2) is 42.7 Å². The van der Waals surface area contributed by atoms with Crippen LogP contribution in [0.5, 0.6) is 0 Å². The van der Waals surface area contributed by atoms with Gasteiger partial charge in [-0.05, 0) is 36.8 Å². The number of aryl methyl sites for hydroxylation is 1. The van der Waals surface area contributed by atoms with E-state index in [0.717, 1.165) is 5.56 Å². The minimum absolute atomic E-state index is 0.187. The van der Waals surface area contributed by atoms with Gasteiger partial charge in [-0.2, -0.15) is 0 Å². The number of hydrogen-bond acceptors (Lipinski definition) is 4. The summed E-state index contributed by atoms with van der Waals surface area (Å²) in [5.41, 5.74) is 7.94. The molecule has 0 saturated heterocycles. The summed E-state index contributed by atoms with van der Waals surface area (Å²) < 4.78 is 0. The van der Waals surface area contributed by atoms with Crippen LogP contribution in [0.25, 0.3) is 0 Å². The summed E-state index contributed by atoms with van der Waals surface area (Å²) in [6.45, 7) is 2.18. The minimum Gasteiger partial charge on any atom is -0.330 e. The number of nitrogens with one attached hydrogen (secondary N) is 2. The van der Waals surface area contributed by atoms with Gasteiger partial charge in [0.2, 0.25) is 5.91 Å².